The first-order valence-electron chi connectivity index (χ1n) is 13.3. The summed E-state index contributed by atoms with van der Waals surface area (Å²) < 4.78 is 39.7. The zero-order valence-electron chi connectivity index (χ0n) is 22.8. The van der Waals surface area contributed by atoms with Gasteiger partial charge in [-0.1, -0.05) is 97.1 Å². The monoisotopic (exact) mass is 584 g/mol. The molecule has 43 heavy (non-hydrogen) atoms. The van der Waals surface area contributed by atoms with Crippen molar-refractivity contribution >= 4 is 23.5 Å². The van der Waals surface area contributed by atoms with Crippen LogP contribution in [-0.2, 0) is 22.4 Å². The van der Waals surface area contributed by atoms with Gasteiger partial charge in [-0.3, -0.25) is 24.1 Å². The molecule has 9 heteroatoms. The summed E-state index contributed by atoms with van der Waals surface area (Å²) in [5, 5.41) is 1.80. The molecule has 0 saturated carbocycles. The molecule has 4 aromatic carbocycles. The molecule has 4 aromatic rings. The summed E-state index contributed by atoms with van der Waals surface area (Å²) in [5.74, 6) is -4.62. The molecule has 4 rings (SSSR count). The molecule has 0 aliphatic rings. The first-order chi connectivity index (χ1) is 20.6. The third-order valence-electron chi connectivity index (χ3n) is 6.48. The van der Waals surface area contributed by atoms with Gasteiger partial charge in [0, 0.05) is 35.7 Å². The van der Waals surface area contributed by atoms with E-state index in [1.54, 1.807) is 102 Å². The summed E-state index contributed by atoms with van der Waals surface area (Å²) in [6.07, 6.45) is -4.68. The molecule has 1 N–H and O–H groups in total. The van der Waals surface area contributed by atoms with Gasteiger partial charge in [0.2, 0.25) is 0 Å². The number of amides is 3. The Balaban J connectivity index is 1.83. The van der Waals surface area contributed by atoms with Crippen LogP contribution in [0.25, 0.3) is 0 Å². The van der Waals surface area contributed by atoms with Crippen molar-refractivity contribution in [2.75, 3.05) is 0 Å². The molecule has 218 valence electrons. The van der Waals surface area contributed by atoms with E-state index in [4.69, 9.17) is 0 Å². The predicted molar refractivity (Wildman–Crippen MR) is 155 cm³/mol. The topological polar surface area (TPSA) is 83.6 Å². The van der Waals surface area contributed by atoms with Gasteiger partial charge in [-0.25, -0.2) is 0 Å². The lowest BCUT2D eigenvalue weighted by molar-refractivity contribution is -0.172. The second-order valence-electron chi connectivity index (χ2n) is 9.60. The molecular formula is C34H27F3N2O4. The van der Waals surface area contributed by atoms with Crippen molar-refractivity contribution in [3.8, 4) is 0 Å². The van der Waals surface area contributed by atoms with Crippen molar-refractivity contribution in [2.24, 2.45) is 0 Å². The average molecular weight is 585 g/mol. The Morgan fingerprint density at radius 3 is 1.51 bits per heavy atom. The minimum absolute atomic E-state index is 0.126. The van der Waals surface area contributed by atoms with Crippen LogP contribution in [-0.4, -0.2) is 40.6 Å². The van der Waals surface area contributed by atoms with E-state index in [1.807, 2.05) is 0 Å². The fraction of sp³-hybridized carbons (Fsp3) is 0.118. The van der Waals surface area contributed by atoms with Crippen LogP contribution in [0.1, 0.15) is 31.8 Å². The SMILES string of the molecule is O=C(C=C(Cc1ccccc1)NC(=O)C(F)(F)F)[C@H](Cc1ccccc1)N(C(=O)c1ccccc1)C(=O)c1ccccc1. The molecule has 0 aliphatic heterocycles. The van der Waals surface area contributed by atoms with Crippen molar-refractivity contribution in [3.63, 3.8) is 0 Å². The van der Waals surface area contributed by atoms with Gasteiger partial charge in [-0.15, -0.1) is 0 Å². The van der Waals surface area contributed by atoms with Crippen LogP contribution in [0.2, 0.25) is 0 Å². The lowest BCUT2D eigenvalue weighted by atomic mass is 9.97. The van der Waals surface area contributed by atoms with Crippen LogP contribution in [0.3, 0.4) is 0 Å². The van der Waals surface area contributed by atoms with Crippen molar-refractivity contribution in [1.29, 1.82) is 0 Å². The number of nitrogens with zero attached hydrogens (tertiary/aromatic N) is 1. The lowest BCUT2D eigenvalue weighted by Gasteiger charge is -2.29. The number of hydrogen-bond acceptors (Lipinski definition) is 4. The number of rotatable bonds is 10. The first-order valence-corrected chi connectivity index (χ1v) is 13.3. The van der Waals surface area contributed by atoms with Crippen LogP contribution in [0.15, 0.2) is 133 Å². The lowest BCUT2D eigenvalue weighted by Crippen LogP contribution is -2.49. The molecular weight excluding hydrogens is 557 g/mol. The maximum absolute atomic E-state index is 14.0. The Hall–Kier alpha value is -5.31. The Kier molecular flexibility index (Phi) is 10.0. The molecule has 0 heterocycles. The van der Waals surface area contributed by atoms with Crippen molar-refractivity contribution in [1.82, 2.24) is 10.2 Å². The predicted octanol–water partition coefficient (Wildman–Crippen LogP) is 5.95. The maximum Gasteiger partial charge on any atom is 0.471 e. The zero-order chi connectivity index (χ0) is 30.8. The maximum atomic E-state index is 14.0. The van der Waals surface area contributed by atoms with Crippen LogP contribution in [0.4, 0.5) is 13.2 Å². The van der Waals surface area contributed by atoms with Crippen LogP contribution in [0.5, 0.6) is 0 Å². The van der Waals surface area contributed by atoms with Gasteiger partial charge in [0.15, 0.2) is 5.78 Å². The highest BCUT2D eigenvalue weighted by molar-refractivity contribution is 6.14. The van der Waals surface area contributed by atoms with E-state index in [2.05, 4.69) is 0 Å². The molecule has 0 aliphatic carbocycles. The largest absolute Gasteiger partial charge is 0.471 e. The quantitative estimate of drug-likeness (QED) is 0.184. The summed E-state index contributed by atoms with van der Waals surface area (Å²) in [6.45, 7) is 0. The van der Waals surface area contributed by atoms with Crippen LogP contribution < -0.4 is 5.32 Å². The number of hydrogen-bond donors (Lipinski definition) is 1. The van der Waals surface area contributed by atoms with Crippen LogP contribution in [0, 0.1) is 0 Å². The van der Waals surface area contributed by atoms with Gasteiger partial charge in [-0.2, -0.15) is 13.2 Å². The molecule has 0 radical (unpaired) electrons. The number of carbonyl (C=O) groups is 4. The Morgan fingerprint density at radius 2 is 1.07 bits per heavy atom. The summed E-state index contributed by atoms with van der Waals surface area (Å²) >= 11 is 0. The van der Waals surface area contributed by atoms with E-state index in [9.17, 15) is 32.3 Å². The Morgan fingerprint density at radius 1 is 0.651 bits per heavy atom. The van der Waals surface area contributed by atoms with E-state index in [0.717, 1.165) is 11.0 Å². The van der Waals surface area contributed by atoms with Crippen molar-refractivity contribution < 1.29 is 32.3 Å². The number of benzene rings is 4. The van der Waals surface area contributed by atoms with E-state index in [0.29, 0.717) is 11.1 Å². The highest BCUT2D eigenvalue weighted by atomic mass is 19.4. The standard InChI is InChI=1S/C34H27F3N2O4/c35-34(36,37)33(43)38-28(21-24-13-5-1-6-14-24)23-30(40)29(22-25-15-7-2-8-16-25)39(31(41)26-17-9-3-10-18-26)32(42)27-19-11-4-12-20-27/h1-20,23,29H,21-22H2,(H,38,43)/t29-/m0/s1. The molecule has 0 aromatic heterocycles. The number of alkyl halides is 3. The number of allylic oxidation sites excluding steroid dienone is 1. The average Bonchev–Trinajstić information content (AvgIpc) is 3.02. The molecule has 0 bridgehead atoms. The summed E-state index contributed by atoms with van der Waals surface area (Å²) in [4.78, 5) is 54.6. The van der Waals surface area contributed by atoms with E-state index in [-0.39, 0.29) is 29.7 Å². The minimum Gasteiger partial charge on any atom is -0.321 e. The van der Waals surface area contributed by atoms with Gasteiger partial charge in [0.25, 0.3) is 11.8 Å². The summed E-state index contributed by atoms with van der Waals surface area (Å²) in [7, 11) is 0. The second-order valence-corrected chi connectivity index (χ2v) is 9.60. The van der Waals surface area contributed by atoms with Gasteiger partial charge in [0.1, 0.15) is 6.04 Å². The molecule has 0 spiro atoms. The fourth-order valence-corrected chi connectivity index (χ4v) is 4.40. The molecule has 1 atom stereocenters. The smallest absolute Gasteiger partial charge is 0.321 e. The summed E-state index contributed by atoms with van der Waals surface area (Å²) in [5.41, 5.74) is 1.06. The number of imide groups is 1. The zero-order valence-corrected chi connectivity index (χ0v) is 22.8. The second kappa shape index (κ2) is 14.0. The molecule has 6 nitrogen and oxygen atoms in total. The van der Waals surface area contributed by atoms with Gasteiger partial charge >= 0.3 is 12.1 Å². The summed E-state index contributed by atoms with van der Waals surface area (Å²) in [6, 6.07) is 31.3. The Bertz CT molecular complexity index is 1540. The third-order valence-corrected chi connectivity index (χ3v) is 6.48. The van der Waals surface area contributed by atoms with Crippen molar-refractivity contribution in [3.05, 3.63) is 155 Å². The highest BCUT2D eigenvalue weighted by Crippen LogP contribution is 2.21. The number of ketones is 1. The normalized spacial score (nSPS) is 12.2. The number of halogens is 3. The Labute approximate surface area is 246 Å². The van der Waals surface area contributed by atoms with Crippen LogP contribution >= 0.6 is 0 Å². The number of carbonyl (C=O) groups excluding carboxylic acids is 4. The fourth-order valence-electron chi connectivity index (χ4n) is 4.40. The van der Waals surface area contributed by atoms with Crippen molar-refractivity contribution in [2.45, 2.75) is 25.1 Å². The molecule has 3 amide bonds. The van der Waals surface area contributed by atoms with Gasteiger partial charge < -0.3 is 5.32 Å². The number of nitrogens with one attached hydrogen (secondary N) is 1. The van der Waals surface area contributed by atoms with Gasteiger partial charge in [-0.05, 0) is 35.4 Å². The highest BCUT2D eigenvalue weighted by Gasteiger charge is 2.40. The molecule has 0 unspecified atom stereocenters. The third kappa shape index (κ3) is 8.36. The van der Waals surface area contributed by atoms with E-state index >= 15 is 0 Å². The first kappa shape index (κ1) is 30.6. The molecule has 0 fully saturated rings. The minimum atomic E-state index is -5.21. The van der Waals surface area contributed by atoms with Gasteiger partial charge in [0.05, 0.1) is 0 Å². The van der Waals surface area contributed by atoms with E-state index < -0.39 is 35.7 Å². The van der Waals surface area contributed by atoms with E-state index in [1.165, 1.54) is 24.3 Å². The molecule has 0 saturated heterocycles.